The molecular formula is C23H29N3O2. The molecule has 3 rings (SSSR count). The summed E-state index contributed by atoms with van der Waals surface area (Å²) in [6.07, 6.45) is 1.38. The molecule has 0 aliphatic carbocycles. The summed E-state index contributed by atoms with van der Waals surface area (Å²) >= 11 is 0. The van der Waals surface area contributed by atoms with Crippen molar-refractivity contribution < 1.29 is 9.59 Å². The SMILES string of the molecule is CC(=O)Nc1ccc(CC(=O)NCC(C)(C)N2CCc3ccccc3C2)cc1. The first-order valence-corrected chi connectivity index (χ1v) is 9.78. The summed E-state index contributed by atoms with van der Waals surface area (Å²) in [7, 11) is 0. The molecule has 2 aromatic carbocycles. The molecule has 0 spiro atoms. The second kappa shape index (κ2) is 8.57. The minimum absolute atomic E-state index is 0.0118. The van der Waals surface area contributed by atoms with Gasteiger partial charge in [-0.15, -0.1) is 0 Å². The molecule has 0 atom stereocenters. The van der Waals surface area contributed by atoms with Gasteiger partial charge in [-0.25, -0.2) is 0 Å². The largest absolute Gasteiger partial charge is 0.354 e. The zero-order valence-corrected chi connectivity index (χ0v) is 16.9. The first kappa shape index (κ1) is 20.1. The normalized spacial score (nSPS) is 14.2. The standard InChI is InChI=1S/C23H29N3O2/c1-17(27)25-21-10-8-18(9-11-21)14-22(28)24-16-23(2,3)26-13-12-19-6-4-5-7-20(19)15-26/h4-11H,12-16H2,1-3H3,(H,24,28)(H,25,27). The molecule has 148 valence electrons. The number of fused-ring (bicyclic) bond motifs is 1. The third-order valence-electron chi connectivity index (χ3n) is 5.34. The average molecular weight is 380 g/mol. The lowest BCUT2D eigenvalue weighted by Crippen LogP contribution is -2.53. The number of hydrogen-bond donors (Lipinski definition) is 2. The molecular weight excluding hydrogens is 350 g/mol. The van der Waals surface area contributed by atoms with Crippen LogP contribution in [0, 0.1) is 0 Å². The molecule has 0 saturated heterocycles. The highest BCUT2D eigenvalue weighted by molar-refractivity contribution is 5.88. The van der Waals surface area contributed by atoms with Crippen LogP contribution in [0.15, 0.2) is 48.5 Å². The molecule has 1 aliphatic heterocycles. The van der Waals surface area contributed by atoms with Crippen LogP contribution in [-0.4, -0.2) is 35.3 Å². The number of anilines is 1. The molecule has 0 radical (unpaired) electrons. The zero-order valence-electron chi connectivity index (χ0n) is 16.9. The van der Waals surface area contributed by atoms with Gasteiger partial charge in [-0.3, -0.25) is 14.5 Å². The lowest BCUT2D eigenvalue weighted by atomic mass is 9.94. The Morgan fingerprint density at radius 2 is 1.71 bits per heavy atom. The molecule has 1 aliphatic rings. The van der Waals surface area contributed by atoms with Gasteiger partial charge in [0.05, 0.1) is 6.42 Å². The topological polar surface area (TPSA) is 61.4 Å². The van der Waals surface area contributed by atoms with Crippen LogP contribution in [-0.2, 0) is 29.0 Å². The van der Waals surface area contributed by atoms with E-state index in [0.717, 1.165) is 30.8 Å². The van der Waals surface area contributed by atoms with Crippen LogP contribution in [0.5, 0.6) is 0 Å². The van der Waals surface area contributed by atoms with Crippen LogP contribution in [0.4, 0.5) is 5.69 Å². The number of amides is 2. The van der Waals surface area contributed by atoms with E-state index in [1.807, 2.05) is 24.3 Å². The quantitative estimate of drug-likeness (QED) is 0.811. The lowest BCUT2D eigenvalue weighted by molar-refractivity contribution is -0.121. The Bertz CT molecular complexity index is 843. The van der Waals surface area contributed by atoms with Crippen LogP contribution >= 0.6 is 0 Å². The first-order chi connectivity index (χ1) is 13.3. The van der Waals surface area contributed by atoms with Crippen molar-refractivity contribution in [1.29, 1.82) is 0 Å². The van der Waals surface area contributed by atoms with Gasteiger partial charge in [0.2, 0.25) is 11.8 Å². The molecule has 0 aromatic heterocycles. The Hall–Kier alpha value is -2.66. The summed E-state index contributed by atoms with van der Waals surface area (Å²) in [6.45, 7) is 8.38. The maximum atomic E-state index is 12.4. The zero-order chi connectivity index (χ0) is 20.1. The highest BCUT2D eigenvalue weighted by Crippen LogP contribution is 2.25. The Balaban J connectivity index is 1.51. The van der Waals surface area contributed by atoms with Crippen molar-refractivity contribution in [2.75, 3.05) is 18.4 Å². The third-order valence-corrected chi connectivity index (χ3v) is 5.34. The number of carbonyl (C=O) groups is 2. The van der Waals surface area contributed by atoms with Gasteiger partial charge in [0.1, 0.15) is 0 Å². The molecule has 2 amide bonds. The van der Waals surface area contributed by atoms with Gasteiger partial charge >= 0.3 is 0 Å². The van der Waals surface area contributed by atoms with Crippen molar-refractivity contribution in [2.24, 2.45) is 0 Å². The summed E-state index contributed by atoms with van der Waals surface area (Å²) in [4.78, 5) is 25.9. The fourth-order valence-corrected chi connectivity index (χ4v) is 3.60. The highest BCUT2D eigenvalue weighted by atomic mass is 16.2. The van der Waals surface area contributed by atoms with E-state index < -0.39 is 0 Å². The van der Waals surface area contributed by atoms with E-state index in [4.69, 9.17) is 0 Å². The molecule has 0 bridgehead atoms. The Labute approximate surface area is 167 Å². The van der Waals surface area contributed by atoms with Gasteiger partial charge in [0.25, 0.3) is 0 Å². The number of nitrogens with one attached hydrogen (secondary N) is 2. The summed E-state index contributed by atoms with van der Waals surface area (Å²) in [5.74, 6) is -0.0918. The van der Waals surface area contributed by atoms with Crippen molar-refractivity contribution >= 4 is 17.5 Å². The second-order valence-corrected chi connectivity index (χ2v) is 8.08. The molecule has 0 saturated carbocycles. The number of carbonyl (C=O) groups excluding carboxylic acids is 2. The third kappa shape index (κ3) is 5.20. The molecule has 28 heavy (non-hydrogen) atoms. The molecule has 2 N–H and O–H groups in total. The fraction of sp³-hybridized carbons (Fsp3) is 0.391. The van der Waals surface area contributed by atoms with E-state index in [0.29, 0.717) is 13.0 Å². The van der Waals surface area contributed by atoms with Crippen molar-refractivity contribution in [1.82, 2.24) is 10.2 Å². The molecule has 1 heterocycles. The van der Waals surface area contributed by atoms with E-state index >= 15 is 0 Å². The molecule has 0 unspecified atom stereocenters. The van der Waals surface area contributed by atoms with Crippen LogP contribution in [0.25, 0.3) is 0 Å². The number of nitrogens with zero attached hydrogens (tertiary/aromatic N) is 1. The summed E-state index contributed by atoms with van der Waals surface area (Å²) in [5, 5.41) is 5.82. The maximum absolute atomic E-state index is 12.4. The van der Waals surface area contributed by atoms with Crippen molar-refractivity contribution in [2.45, 2.75) is 45.7 Å². The van der Waals surface area contributed by atoms with Crippen LogP contribution in [0.1, 0.15) is 37.5 Å². The van der Waals surface area contributed by atoms with Crippen molar-refractivity contribution in [3.8, 4) is 0 Å². The van der Waals surface area contributed by atoms with Gasteiger partial charge in [0.15, 0.2) is 0 Å². The van der Waals surface area contributed by atoms with E-state index in [-0.39, 0.29) is 17.4 Å². The van der Waals surface area contributed by atoms with E-state index in [1.165, 1.54) is 18.1 Å². The Morgan fingerprint density at radius 1 is 1.04 bits per heavy atom. The summed E-state index contributed by atoms with van der Waals surface area (Å²) in [5.41, 5.74) is 4.37. The van der Waals surface area contributed by atoms with E-state index in [1.54, 1.807) is 0 Å². The highest BCUT2D eigenvalue weighted by Gasteiger charge is 2.30. The van der Waals surface area contributed by atoms with Gasteiger partial charge in [-0.05, 0) is 49.1 Å². The Morgan fingerprint density at radius 3 is 2.39 bits per heavy atom. The van der Waals surface area contributed by atoms with Gasteiger partial charge in [-0.2, -0.15) is 0 Å². The van der Waals surface area contributed by atoms with Crippen LogP contribution in [0.3, 0.4) is 0 Å². The number of benzene rings is 2. The molecule has 2 aromatic rings. The van der Waals surface area contributed by atoms with E-state index in [2.05, 4.69) is 53.6 Å². The smallest absolute Gasteiger partial charge is 0.224 e. The number of rotatable bonds is 6. The first-order valence-electron chi connectivity index (χ1n) is 9.78. The maximum Gasteiger partial charge on any atom is 0.224 e. The predicted octanol–water partition coefficient (Wildman–Crippen LogP) is 3.14. The average Bonchev–Trinajstić information content (AvgIpc) is 2.67. The lowest BCUT2D eigenvalue weighted by Gasteiger charge is -2.41. The van der Waals surface area contributed by atoms with Crippen LogP contribution in [0.2, 0.25) is 0 Å². The molecule has 5 nitrogen and oxygen atoms in total. The fourth-order valence-electron chi connectivity index (χ4n) is 3.60. The monoisotopic (exact) mass is 379 g/mol. The summed E-state index contributed by atoms with van der Waals surface area (Å²) in [6, 6.07) is 16.0. The minimum Gasteiger partial charge on any atom is -0.354 e. The predicted molar refractivity (Wildman–Crippen MR) is 112 cm³/mol. The summed E-state index contributed by atoms with van der Waals surface area (Å²) < 4.78 is 0. The Kier molecular flexibility index (Phi) is 6.15. The van der Waals surface area contributed by atoms with Gasteiger partial charge in [0, 0.05) is 37.8 Å². The van der Waals surface area contributed by atoms with Crippen molar-refractivity contribution in [3.05, 3.63) is 65.2 Å². The van der Waals surface area contributed by atoms with Gasteiger partial charge < -0.3 is 10.6 Å². The molecule has 0 fully saturated rings. The van der Waals surface area contributed by atoms with Crippen molar-refractivity contribution in [3.63, 3.8) is 0 Å². The molecule has 5 heteroatoms. The van der Waals surface area contributed by atoms with E-state index in [9.17, 15) is 9.59 Å². The minimum atomic E-state index is -0.113. The number of hydrogen-bond acceptors (Lipinski definition) is 3. The van der Waals surface area contributed by atoms with Crippen LogP contribution < -0.4 is 10.6 Å². The second-order valence-electron chi connectivity index (χ2n) is 8.08. The van der Waals surface area contributed by atoms with Gasteiger partial charge in [-0.1, -0.05) is 36.4 Å².